The second kappa shape index (κ2) is 5.40. The van der Waals surface area contributed by atoms with Crippen LogP contribution in [0.5, 0.6) is 0 Å². The third kappa shape index (κ3) is 3.36. The molecular formula is C12H17F3N2. The van der Waals surface area contributed by atoms with Gasteiger partial charge in [0.2, 0.25) is 0 Å². The lowest BCUT2D eigenvalue weighted by Gasteiger charge is -2.30. The number of alkyl halides is 3. The molecule has 0 aromatic heterocycles. The Labute approximate surface area is 99.2 Å². The van der Waals surface area contributed by atoms with Gasteiger partial charge in [0.05, 0.1) is 0 Å². The molecule has 0 spiro atoms. The van der Waals surface area contributed by atoms with Crippen molar-refractivity contribution in [1.82, 2.24) is 0 Å². The molecule has 0 saturated heterocycles. The van der Waals surface area contributed by atoms with Gasteiger partial charge in [-0.3, -0.25) is 0 Å². The number of hydrogen-bond donors (Lipinski definition) is 1. The number of aryl methyl sites for hydroxylation is 1. The number of halogens is 3. The minimum absolute atomic E-state index is 0.449. The van der Waals surface area contributed by atoms with Gasteiger partial charge in [-0.25, -0.2) is 0 Å². The maximum Gasteiger partial charge on any atom is 0.409 e. The van der Waals surface area contributed by atoms with Crippen LogP contribution in [0.2, 0.25) is 0 Å². The molecule has 0 amide bonds. The quantitative estimate of drug-likeness (QED) is 0.884. The number of rotatable bonds is 4. The van der Waals surface area contributed by atoms with Crippen molar-refractivity contribution in [2.45, 2.75) is 25.6 Å². The summed E-state index contributed by atoms with van der Waals surface area (Å²) < 4.78 is 38.0. The molecule has 0 aliphatic rings. The van der Waals surface area contributed by atoms with Crippen molar-refractivity contribution in [2.75, 3.05) is 18.5 Å². The molecule has 1 rings (SSSR count). The summed E-state index contributed by atoms with van der Waals surface area (Å²) in [5, 5.41) is 0. The smallest absolute Gasteiger partial charge is 0.362 e. The van der Waals surface area contributed by atoms with Crippen molar-refractivity contribution >= 4 is 5.69 Å². The van der Waals surface area contributed by atoms with E-state index < -0.39 is 18.8 Å². The van der Waals surface area contributed by atoms with Gasteiger partial charge >= 0.3 is 6.18 Å². The normalized spacial score (nSPS) is 13.5. The molecule has 0 aliphatic heterocycles. The van der Waals surface area contributed by atoms with Crippen molar-refractivity contribution in [3.8, 4) is 0 Å². The zero-order valence-electron chi connectivity index (χ0n) is 9.96. The monoisotopic (exact) mass is 246 g/mol. The molecule has 0 bridgehead atoms. The van der Waals surface area contributed by atoms with E-state index in [1.54, 1.807) is 12.1 Å². The van der Waals surface area contributed by atoms with Gasteiger partial charge in [-0.2, -0.15) is 13.2 Å². The summed E-state index contributed by atoms with van der Waals surface area (Å²) in [4.78, 5) is 1.17. The van der Waals surface area contributed by atoms with Crippen molar-refractivity contribution in [1.29, 1.82) is 0 Å². The highest BCUT2D eigenvalue weighted by atomic mass is 19.4. The Morgan fingerprint density at radius 1 is 1.24 bits per heavy atom. The maximum absolute atomic E-state index is 12.7. The standard InChI is InChI=1S/C12H17F3N2/c1-3-9-4-6-10(7-5-9)17(2)11(8-16)12(13,14)15/h4-7,11H,3,8,16H2,1-2H3. The number of hydrogen-bond acceptors (Lipinski definition) is 2. The Morgan fingerprint density at radius 3 is 2.12 bits per heavy atom. The summed E-state index contributed by atoms with van der Waals surface area (Å²) in [5.74, 6) is 0. The van der Waals surface area contributed by atoms with Gasteiger partial charge in [0.25, 0.3) is 0 Å². The molecule has 1 unspecified atom stereocenters. The molecule has 0 heterocycles. The number of anilines is 1. The van der Waals surface area contributed by atoms with Gasteiger partial charge in [0.15, 0.2) is 0 Å². The number of benzene rings is 1. The molecule has 1 aromatic rings. The molecule has 1 aromatic carbocycles. The molecule has 96 valence electrons. The van der Waals surface area contributed by atoms with Gasteiger partial charge in [-0.05, 0) is 24.1 Å². The maximum atomic E-state index is 12.7. The SMILES string of the molecule is CCc1ccc(N(C)C(CN)C(F)(F)F)cc1. The van der Waals surface area contributed by atoms with E-state index in [0.717, 1.165) is 12.0 Å². The summed E-state index contributed by atoms with van der Waals surface area (Å²) in [7, 11) is 1.41. The summed E-state index contributed by atoms with van der Waals surface area (Å²) >= 11 is 0. The van der Waals surface area contributed by atoms with Gasteiger partial charge in [-0.15, -0.1) is 0 Å². The summed E-state index contributed by atoms with van der Waals surface area (Å²) in [6.07, 6.45) is -3.45. The Morgan fingerprint density at radius 2 is 1.76 bits per heavy atom. The van der Waals surface area contributed by atoms with E-state index >= 15 is 0 Å². The van der Waals surface area contributed by atoms with Crippen molar-refractivity contribution in [3.63, 3.8) is 0 Å². The first-order valence-corrected chi connectivity index (χ1v) is 5.48. The number of nitrogens with zero attached hydrogens (tertiary/aromatic N) is 1. The molecule has 2 N–H and O–H groups in total. The van der Waals surface area contributed by atoms with Crippen molar-refractivity contribution in [2.24, 2.45) is 5.73 Å². The van der Waals surface area contributed by atoms with Gasteiger partial charge in [0, 0.05) is 19.3 Å². The molecule has 5 heteroatoms. The first-order valence-electron chi connectivity index (χ1n) is 5.48. The van der Waals surface area contributed by atoms with E-state index in [1.807, 2.05) is 19.1 Å². The van der Waals surface area contributed by atoms with Gasteiger partial charge in [0.1, 0.15) is 6.04 Å². The zero-order valence-corrected chi connectivity index (χ0v) is 9.96. The predicted molar refractivity (Wildman–Crippen MR) is 63.1 cm³/mol. The first kappa shape index (κ1) is 13.8. The van der Waals surface area contributed by atoms with Crippen LogP contribution < -0.4 is 10.6 Å². The Kier molecular flexibility index (Phi) is 4.40. The fourth-order valence-electron chi connectivity index (χ4n) is 1.66. The fraction of sp³-hybridized carbons (Fsp3) is 0.500. The topological polar surface area (TPSA) is 29.3 Å². The van der Waals surface area contributed by atoms with E-state index in [9.17, 15) is 13.2 Å². The predicted octanol–water partition coefficient (Wildman–Crippen LogP) is 2.57. The minimum Gasteiger partial charge on any atom is -0.362 e. The van der Waals surface area contributed by atoms with E-state index in [-0.39, 0.29) is 0 Å². The van der Waals surface area contributed by atoms with E-state index in [4.69, 9.17) is 5.73 Å². The second-order valence-electron chi connectivity index (χ2n) is 3.92. The molecule has 0 fully saturated rings. The van der Waals surface area contributed by atoms with E-state index in [2.05, 4.69) is 0 Å². The Hall–Kier alpha value is -1.23. The largest absolute Gasteiger partial charge is 0.409 e. The molecule has 1 atom stereocenters. The van der Waals surface area contributed by atoms with Gasteiger partial charge < -0.3 is 10.6 Å². The molecule has 0 saturated carbocycles. The van der Waals surface area contributed by atoms with Crippen LogP contribution in [0.15, 0.2) is 24.3 Å². The van der Waals surface area contributed by atoms with Crippen LogP contribution in [0.3, 0.4) is 0 Å². The third-order valence-electron chi connectivity index (χ3n) is 2.82. The van der Waals surface area contributed by atoms with Crippen LogP contribution in [-0.2, 0) is 6.42 Å². The number of nitrogens with two attached hydrogens (primary N) is 1. The number of likely N-dealkylation sites (N-methyl/N-ethyl adjacent to an activating group) is 1. The Balaban J connectivity index is 2.90. The third-order valence-corrected chi connectivity index (χ3v) is 2.82. The molecule has 17 heavy (non-hydrogen) atoms. The Bertz CT molecular complexity index is 346. The average Bonchev–Trinajstić information content (AvgIpc) is 2.28. The average molecular weight is 246 g/mol. The second-order valence-corrected chi connectivity index (χ2v) is 3.92. The van der Waals surface area contributed by atoms with Crippen molar-refractivity contribution < 1.29 is 13.2 Å². The van der Waals surface area contributed by atoms with Crippen LogP contribution in [0.4, 0.5) is 18.9 Å². The highest BCUT2D eigenvalue weighted by molar-refractivity contribution is 5.48. The van der Waals surface area contributed by atoms with Crippen LogP contribution in [0, 0.1) is 0 Å². The fourth-order valence-corrected chi connectivity index (χ4v) is 1.66. The summed E-state index contributed by atoms with van der Waals surface area (Å²) in [6.45, 7) is 1.55. The van der Waals surface area contributed by atoms with E-state index in [1.165, 1.54) is 11.9 Å². The van der Waals surface area contributed by atoms with Gasteiger partial charge in [-0.1, -0.05) is 19.1 Å². The molecule has 0 radical (unpaired) electrons. The highest BCUT2D eigenvalue weighted by Gasteiger charge is 2.41. The zero-order chi connectivity index (χ0) is 13.1. The minimum atomic E-state index is -4.31. The van der Waals surface area contributed by atoms with E-state index in [0.29, 0.717) is 5.69 Å². The van der Waals surface area contributed by atoms with Crippen molar-refractivity contribution in [3.05, 3.63) is 29.8 Å². The highest BCUT2D eigenvalue weighted by Crippen LogP contribution is 2.27. The molecule has 0 aliphatic carbocycles. The lowest BCUT2D eigenvalue weighted by molar-refractivity contribution is -0.145. The molecule has 2 nitrogen and oxygen atoms in total. The van der Waals surface area contributed by atoms with Crippen LogP contribution in [-0.4, -0.2) is 25.8 Å². The summed E-state index contributed by atoms with van der Waals surface area (Å²) in [5.41, 5.74) is 6.81. The van der Waals surface area contributed by atoms with Crippen LogP contribution in [0.25, 0.3) is 0 Å². The van der Waals surface area contributed by atoms with Crippen LogP contribution >= 0.6 is 0 Å². The first-order chi connectivity index (χ1) is 7.90. The lowest BCUT2D eigenvalue weighted by Crippen LogP contribution is -2.48. The van der Waals surface area contributed by atoms with Crippen LogP contribution in [0.1, 0.15) is 12.5 Å². The molecular weight excluding hydrogens is 229 g/mol. The lowest BCUT2D eigenvalue weighted by atomic mass is 10.1. The summed E-state index contributed by atoms with van der Waals surface area (Å²) in [6, 6.07) is 5.39.